The number of rotatable bonds is 8. The number of hydrogen-bond acceptors (Lipinski definition) is 2. The van der Waals surface area contributed by atoms with Gasteiger partial charge in [0, 0.05) is 43.6 Å². The first-order valence-corrected chi connectivity index (χ1v) is 12.3. The Balaban J connectivity index is -0.000000191. The molecule has 0 fully saturated rings. The molecule has 33 heavy (non-hydrogen) atoms. The topological polar surface area (TPSA) is 40.6 Å². The minimum Gasteiger partial charge on any atom is -0.328 e. The van der Waals surface area contributed by atoms with Crippen molar-refractivity contribution in [1.82, 2.24) is 9.80 Å². The normalized spacial score (nSPS) is 13.0. The standard InChI is InChI=1S/2C9H19NOS.C7H7.ClH.Zn/c2*1-5-7(3)10(9(11)12)8(4)6-2;1-7-5-3-2-4-6-7;;/h2*7-8H,5-6H2,1-4H3,(H,11,12);2-6H,1H2;1H;/q;;-1;;. The van der Waals surface area contributed by atoms with Gasteiger partial charge < -0.3 is 9.80 Å². The molecule has 2 amide bonds. The van der Waals surface area contributed by atoms with Crippen molar-refractivity contribution in [1.29, 1.82) is 0 Å². The summed E-state index contributed by atoms with van der Waals surface area (Å²) in [5.41, 5.74) is 1.07. The van der Waals surface area contributed by atoms with Crippen LogP contribution in [0.2, 0.25) is 0 Å². The van der Waals surface area contributed by atoms with Gasteiger partial charge >= 0.3 is 0 Å². The molecule has 0 saturated carbocycles. The van der Waals surface area contributed by atoms with Gasteiger partial charge in [-0.1, -0.05) is 59.0 Å². The monoisotopic (exact) mass is 569 g/mol. The molecular formula is C25H46ClN2O2S2Zn-. The molecule has 0 radical (unpaired) electrons. The van der Waals surface area contributed by atoms with Crippen LogP contribution in [0.5, 0.6) is 0 Å². The van der Waals surface area contributed by atoms with Gasteiger partial charge in [0.1, 0.15) is 0 Å². The van der Waals surface area contributed by atoms with E-state index < -0.39 is 0 Å². The Morgan fingerprint density at radius 2 is 0.970 bits per heavy atom. The molecule has 0 saturated heterocycles. The summed E-state index contributed by atoms with van der Waals surface area (Å²) in [5, 5.41) is -0.225. The van der Waals surface area contributed by atoms with Crippen molar-refractivity contribution in [3.05, 3.63) is 42.8 Å². The van der Waals surface area contributed by atoms with E-state index in [0.29, 0.717) is 24.2 Å². The third-order valence-corrected chi connectivity index (χ3v) is 6.01. The van der Waals surface area contributed by atoms with Crippen molar-refractivity contribution in [2.45, 2.75) is 105 Å². The van der Waals surface area contributed by atoms with Crippen LogP contribution in [0.4, 0.5) is 9.59 Å². The van der Waals surface area contributed by atoms with Crippen molar-refractivity contribution in [2.75, 3.05) is 0 Å². The summed E-state index contributed by atoms with van der Waals surface area (Å²) in [6, 6.07) is 11.1. The van der Waals surface area contributed by atoms with Crippen LogP contribution in [-0.4, -0.2) is 44.4 Å². The van der Waals surface area contributed by atoms with Crippen molar-refractivity contribution >= 4 is 48.1 Å². The Labute approximate surface area is 234 Å². The van der Waals surface area contributed by atoms with Crippen molar-refractivity contribution in [2.24, 2.45) is 0 Å². The second-order valence-corrected chi connectivity index (χ2v) is 8.66. The van der Waals surface area contributed by atoms with Crippen LogP contribution in [0.3, 0.4) is 0 Å². The van der Waals surface area contributed by atoms with Crippen LogP contribution in [-0.2, 0) is 19.5 Å². The van der Waals surface area contributed by atoms with Gasteiger partial charge in [0.25, 0.3) is 10.5 Å². The molecule has 0 spiro atoms. The molecule has 0 aliphatic carbocycles. The van der Waals surface area contributed by atoms with Gasteiger partial charge in [-0.3, -0.25) is 9.59 Å². The molecule has 0 aliphatic rings. The quantitative estimate of drug-likeness (QED) is 0.188. The maximum absolute atomic E-state index is 11.1. The van der Waals surface area contributed by atoms with Gasteiger partial charge in [0.05, 0.1) is 0 Å². The van der Waals surface area contributed by atoms with Gasteiger partial charge in [0.15, 0.2) is 0 Å². The van der Waals surface area contributed by atoms with E-state index in [-0.39, 0.29) is 42.4 Å². The van der Waals surface area contributed by atoms with Crippen LogP contribution in [0.1, 0.15) is 86.6 Å². The summed E-state index contributed by atoms with van der Waals surface area (Å²) in [5.74, 6) is 0. The van der Waals surface area contributed by atoms with Crippen molar-refractivity contribution in [3.8, 4) is 0 Å². The summed E-state index contributed by atoms with van der Waals surface area (Å²) < 4.78 is 0. The minimum atomic E-state index is -0.112. The Morgan fingerprint density at radius 3 is 1.09 bits per heavy atom. The molecule has 1 aromatic rings. The molecule has 0 aromatic heterocycles. The average Bonchev–Trinajstić information content (AvgIpc) is 2.74. The Morgan fingerprint density at radius 1 is 0.727 bits per heavy atom. The zero-order chi connectivity index (χ0) is 24.6. The Bertz CT molecular complexity index is 557. The van der Waals surface area contributed by atoms with Gasteiger partial charge in [-0.25, -0.2) is 0 Å². The van der Waals surface area contributed by atoms with Gasteiger partial charge in [-0.15, -0.1) is 24.5 Å². The molecule has 4 atom stereocenters. The second kappa shape index (κ2) is 23.4. The first-order chi connectivity index (χ1) is 14.5. The number of thiol groups is 2. The molecule has 4 nitrogen and oxygen atoms in total. The van der Waals surface area contributed by atoms with Gasteiger partial charge in [0.2, 0.25) is 0 Å². The Hall–Kier alpha value is -0.357. The molecule has 1 aromatic carbocycles. The molecule has 4 unspecified atom stereocenters. The SMILES string of the molecule is CCC(C)N(C(=O)S)C(C)CC.CCC(C)N(C(=O)S)C(C)CC.Cl.[CH2-]c1ccccc1.[Zn]. The van der Waals surface area contributed by atoms with Crippen LogP contribution in [0.25, 0.3) is 0 Å². The maximum Gasteiger partial charge on any atom is 0.279 e. The minimum absolute atomic E-state index is 0. The molecule has 0 heterocycles. The molecule has 8 heteroatoms. The summed E-state index contributed by atoms with van der Waals surface area (Å²) in [7, 11) is 0. The van der Waals surface area contributed by atoms with E-state index >= 15 is 0 Å². The van der Waals surface area contributed by atoms with Crippen molar-refractivity contribution < 1.29 is 29.1 Å². The first-order valence-electron chi connectivity index (χ1n) is 11.4. The summed E-state index contributed by atoms with van der Waals surface area (Å²) in [4.78, 5) is 25.9. The molecule has 0 aliphatic heterocycles. The maximum atomic E-state index is 11.1. The molecule has 0 N–H and O–H groups in total. The van der Waals surface area contributed by atoms with E-state index in [0.717, 1.165) is 31.2 Å². The first kappa shape index (κ1) is 39.8. The molecule has 0 bridgehead atoms. The zero-order valence-corrected chi connectivity index (χ0v) is 27.5. The number of carbonyl (C=O) groups excluding carboxylic acids is 2. The number of hydrogen-bond donors (Lipinski definition) is 2. The summed E-state index contributed by atoms with van der Waals surface area (Å²) >= 11 is 7.73. The molecular weight excluding hydrogens is 525 g/mol. The van der Waals surface area contributed by atoms with E-state index in [9.17, 15) is 9.59 Å². The number of amides is 2. The van der Waals surface area contributed by atoms with Crippen LogP contribution < -0.4 is 0 Å². The third-order valence-electron chi connectivity index (χ3n) is 5.55. The second-order valence-electron chi connectivity index (χ2n) is 7.89. The smallest absolute Gasteiger partial charge is 0.279 e. The van der Waals surface area contributed by atoms with E-state index in [1.165, 1.54) is 0 Å². The Kier molecular flexibility index (Phi) is 28.2. The average molecular weight is 572 g/mol. The van der Waals surface area contributed by atoms with Gasteiger partial charge in [-0.05, 0) is 53.4 Å². The molecule has 190 valence electrons. The summed E-state index contributed by atoms with van der Waals surface area (Å²) in [6.45, 7) is 20.3. The number of halogens is 1. The molecule has 1 rings (SSSR count). The predicted octanol–water partition coefficient (Wildman–Crippen LogP) is 8.16. The fourth-order valence-electron chi connectivity index (χ4n) is 2.89. The number of carbonyl (C=O) groups is 2. The van der Waals surface area contributed by atoms with Crippen molar-refractivity contribution in [3.63, 3.8) is 0 Å². The zero-order valence-electron chi connectivity index (χ0n) is 22.0. The van der Waals surface area contributed by atoms with Crippen LogP contribution >= 0.6 is 37.7 Å². The third kappa shape index (κ3) is 17.7. The fraction of sp³-hybridized carbons (Fsp3) is 0.640. The largest absolute Gasteiger partial charge is 0.328 e. The van der Waals surface area contributed by atoms with E-state index in [4.69, 9.17) is 0 Å². The number of benzene rings is 1. The number of nitrogens with zero attached hydrogens (tertiary/aromatic N) is 2. The van der Waals surface area contributed by atoms with E-state index in [1.807, 2.05) is 40.1 Å². The van der Waals surface area contributed by atoms with Gasteiger partial charge in [-0.2, -0.15) is 24.6 Å². The van der Waals surface area contributed by atoms with Crippen LogP contribution in [0.15, 0.2) is 30.3 Å². The predicted molar refractivity (Wildman–Crippen MR) is 150 cm³/mol. The fourth-order valence-corrected chi connectivity index (χ4v) is 3.68. The van der Waals surface area contributed by atoms with E-state index in [1.54, 1.807) is 0 Å². The van der Waals surface area contributed by atoms with E-state index in [2.05, 4.69) is 87.6 Å². The van der Waals surface area contributed by atoms with Crippen LogP contribution in [0, 0.1) is 6.92 Å². The summed E-state index contributed by atoms with van der Waals surface area (Å²) in [6.07, 6.45) is 3.93.